The number of allylic oxidation sites excluding steroid dienone is 4. The highest BCUT2D eigenvalue weighted by Gasteiger charge is 2.34. The van der Waals surface area contributed by atoms with Crippen molar-refractivity contribution in [2.24, 2.45) is 21.8 Å². The summed E-state index contributed by atoms with van der Waals surface area (Å²) in [5.41, 5.74) is 13.6. The molecule has 106 heavy (non-hydrogen) atoms. The number of carbonyl (C=O) groups is 2. The van der Waals surface area contributed by atoms with E-state index in [1.165, 1.54) is 137 Å². The van der Waals surface area contributed by atoms with Crippen LogP contribution >= 0.6 is 48.0 Å². The Labute approximate surface area is 656 Å². The van der Waals surface area contributed by atoms with Gasteiger partial charge in [-0.05, 0) is 174 Å². The molecule has 2 fully saturated rings. The molecule has 4 atom stereocenters. The summed E-state index contributed by atoms with van der Waals surface area (Å²) in [6, 6.07) is 17.3. The number of H-pyrrole nitrogens is 2. The number of aromatic amines is 2. The molecule has 0 saturated carbocycles. The Morgan fingerprint density at radius 1 is 0.509 bits per heavy atom. The number of aromatic nitrogens is 2. The molecule has 4 unspecified atom stereocenters. The maximum atomic E-state index is 13.7. The number of amides is 2. The van der Waals surface area contributed by atoms with Gasteiger partial charge in [0.2, 0.25) is 0 Å². The van der Waals surface area contributed by atoms with Crippen molar-refractivity contribution in [3.8, 4) is 35.2 Å². The van der Waals surface area contributed by atoms with E-state index in [1.54, 1.807) is 9.80 Å². The monoisotopic (exact) mass is 1500 g/mol. The summed E-state index contributed by atoms with van der Waals surface area (Å²) < 4.78 is 14.7. The van der Waals surface area contributed by atoms with E-state index in [2.05, 4.69) is 162 Å². The van der Waals surface area contributed by atoms with Crippen LogP contribution in [0.15, 0.2) is 104 Å². The first-order chi connectivity index (χ1) is 51.8. The lowest BCUT2D eigenvalue weighted by Crippen LogP contribution is -2.27. The van der Waals surface area contributed by atoms with Crippen molar-refractivity contribution in [1.29, 1.82) is 0 Å². The van der Waals surface area contributed by atoms with E-state index < -0.39 is 0 Å². The number of carbonyl (C=O) groups excluding carboxylic acids is 2. The van der Waals surface area contributed by atoms with Gasteiger partial charge in [0.1, 0.15) is 20.1 Å². The van der Waals surface area contributed by atoms with Crippen molar-refractivity contribution in [2.75, 3.05) is 26.3 Å². The van der Waals surface area contributed by atoms with Gasteiger partial charge in [0.15, 0.2) is 0 Å². The van der Waals surface area contributed by atoms with Gasteiger partial charge in [-0.1, -0.05) is 286 Å². The van der Waals surface area contributed by atoms with Gasteiger partial charge in [0.25, 0.3) is 11.8 Å². The van der Waals surface area contributed by atoms with Gasteiger partial charge in [-0.15, -0.1) is 0 Å². The van der Waals surface area contributed by atoms with Crippen molar-refractivity contribution >= 4 is 103 Å². The van der Waals surface area contributed by atoms with Crippen LogP contribution in [0.3, 0.4) is 0 Å². The number of thioether (sulfide) groups is 2. The van der Waals surface area contributed by atoms with Crippen LogP contribution < -0.4 is 20.2 Å². The second kappa shape index (κ2) is 44.1. The zero-order valence-corrected chi connectivity index (χ0v) is 69.2. The molecule has 0 aliphatic carbocycles. The Bertz CT molecular complexity index is 4170. The minimum atomic E-state index is -0.360. The molecule has 0 radical (unpaired) electrons. The standard InChI is InChI=1S/C92H122N6O4S4/c1-11-19-25-31-33-37-43-67(41-35-27-21-13-3)87-79-53-49-75(93-79)73(47-45-69-61-84(102-58-40-30-24-16-6)72(60-65(69)9)64-86-90(100)98(18-8)92(104)106-86)76-50-54-80(94-76)88(68(42-36-28-22-14-4)44-38-34-32-26-20-12-2)82-56-52-78(96-82)74(77-51-55-81(87)95-77)48-46-70-59-66(10)71(62-83(70)101-57-39-29-23-15-5)63-85-89(99)97(17-7)91(103)105-85/h49-56,59-64,67-68,74,77,94,96H,11-44,57-58H2,1-10H3/b76-73?,85-63+,86-64+,87-79?,88-80?. The lowest BCUT2D eigenvalue weighted by molar-refractivity contribution is -0.122. The Kier molecular flexibility index (Phi) is 34.7. The van der Waals surface area contributed by atoms with Gasteiger partial charge in [0, 0.05) is 52.1 Å². The zero-order valence-electron chi connectivity index (χ0n) is 65.9. The molecule has 2 amide bonds. The molecule has 9 rings (SSSR count). The van der Waals surface area contributed by atoms with Crippen LogP contribution in [0.4, 0.5) is 0 Å². The highest BCUT2D eigenvalue weighted by molar-refractivity contribution is 8.27. The highest BCUT2D eigenvalue weighted by atomic mass is 32.2. The van der Waals surface area contributed by atoms with Crippen molar-refractivity contribution in [1.82, 2.24) is 19.8 Å². The number of aryl methyl sites for hydroxylation is 2. The van der Waals surface area contributed by atoms with Gasteiger partial charge in [-0.25, -0.2) is 4.99 Å². The van der Waals surface area contributed by atoms with E-state index in [0.29, 0.717) is 56.3 Å². The number of hydrogen-bond donors (Lipinski definition) is 2. The van der Waals surface area contributed by atoms with Gasteiger partial charge in [-0.2, -0.15) is 0 Å². The van der Waals surface area contributed by atoms with Crippen LogP contribution in [0.25, 0.3) is 23.3 Å². The molecule has 7 heterocycles. The van der Waals surface area contributed by atoms with Crippen molar-refractivity contribution in [3.05, 3.63) is 149 Å². The molecule has 5 aliphatic heterocycles. The summed E-state index contributed by atoms with van der Waals surface area (Å²) in [6.07, 6.45) is 50.0. The fraction of sp³-hybridized carbons (Fsp3) is 0.543. The number of ether oxygens (including phenoxy) is 2. The average Bonchev–Trinajstić information content (AvgIpc) is 1.66. The third kappa shape index (κ3) is 23.2. The first kappa shape index (κ1) is 83.4. The minimum Gasteiger partial charge on any atom is -0.493 e. The minimum absolute atomic E-state index is 0.0566. The maximum Gasteiger partial charge on any atom is 0.266 e. The molecule has 5 aliphatic rings. The summed E-state index contributed by atoms with van der Waals surface area (Å²) in [7, 11) is 0. The van der Waals surface area contributed by atoms with Crippen molar-refractivity contribution < 1.29 is 19.1 Å². The molecule has 2 saturated heterocycles. The Morgan fingerprint density at radius 2 is 1.03 bits per heavy atom. The molecule has 2 aromatic heterocycles. The number of nitrogens with one attached hydrogen (secondary N) is 2. The summed E-state index contributed by atoms with van der Waals surface area (Å²) in [5.74, 6) is 16.7. The fourth-order valence-corrected chi connectivity index (χ4v) is 17.9. The highest BCUT2D eigenvalue weighted by Crippen LogP contribution is 2.41. The molecule has 568 valence electrons. The van der Waals surface area contributed by atoms with Crippen LogP contribution in [-0.4, -0.2) is 84.0 Å². The number of nitrogens with zero attached hydrogens (tertiary/aromatic N) is 4. The van der Waals surface area contributed by atoms with Gasteiger partial charge in [-0.3, -0.25) is 24.4 Å². The number of hydrogen-bond acceptors (Lipinski definition) is 10. The van der Waals surface area contributed by atoms with Crippen LogP contribution in [0.2, 0.25) is 0 Å². The van der Waals surface area contributed by atoms with E-state index >= 15 is 0 Å². The number of fused-ring (bicyclic) bond motifs is 6. The van der Waals surface area contributed by atoms with Crippen LogP contribution in [-0.2, 0) is 9.59 Å². The molecular weight excluding hydrogens is 1380 g/mol. The molecule has 2 aromatic carbocycles. The predicted molar refractivity (Wildman–Crippen MR) is 460 cm³/mol. The van der Waals surface area contributed by atoms with Crippen molar-refractivity contribution in [3.63, 3.8) is 0 Å². The number of aliphatic imine (C=N–C) groups is 2. The molecule has 0 spiro atoms. The third-order valence-electron chi connectivity index (χ3n) is 21.4. The second-order valence-corrected chi connectivity index (χ2v) is 33.0. The van der Waals surface area contributed by atoms with Gasteiger partial charge in [0.05, 0.1) is 68.6 Å². The third-order valence-corrected chi connectivity index (χ3v) is 24.2. The lowest BCUT2D eigenvalue weighted by Gasteiger charge is -2.22. The van der Waals surface area contributed by atoms with E-state index in [-0.39, 0.29) is 35.6 Å². The van der Waals surface area contributed by atoms with E-state index in [9.17, 15) is 9.59 Å². The zero-order chi connectivity index (χ0) is 75.2. The number of benzene rings is 2. The van der Waals surface area contributed by atoms with E-state index in [1.807, 2.05) is 26.0 Å². The predicted octanol–water partition coefficient (Wildman–Crippen LogP) is 23.2. The summed E-state index contributed by atoms with van der Waals surface area (Å²) >= 11 is 14.1. The van der Waals surface area contributed by atoms with E-state index in [0.717, 1.165) is 181 Å². The first-order valence-corrected chi connectivity index (χ1v) is 43.7. The summed E-state index contributed by atoms with van der Waals surface area (Å²) in [6.45, 7) is 24.0. The van der Waals surface area contributed by atoms with Crippen LogP contribution in [0.1, 0.15) is 312 Å². The topological polar surface area (TPSA) is 115 Å². The Balaban J connectivity index is 1.28. The number of unbranched alkanes of at least 4 members (excludes halogenated alkanes) is 22. The maximum absolute atomic E-state index is 13.7. The number of thiocarbonyl (C=S) groups is 2. The molecule has 14 heteroatoms. The Morgan fingerprint density at radius 3 is 1.59 bits per heavy atom. The lowest BCUT2D eigenvalue weighted by atomic mass is 9.84. The van der Waals surface area contributed by atoms with E-state index in [4.69, 9.17) is 43.9 Å². The molecular formula is C92H122N6O4S4. The van der Waals surface area contributed by atoms with Gasteiger partial charge >= 0.3 is 0 Å². The largest absolute Gasteiger partial charge is 0.493 e. The SMILES string of the molecule is CCCCCCCCC(CCCCCC)C1=C2C=CC(=N2)C(C#Cc2cc(OCCCCCC)c(/C=C3/SC(=S)N(CC)C3=O)cc2C)=c2ccc([nH]2)=C(C(CCCCCC)CCCCCCCC)c2ccc([nH]2)C(C#Cc2cc(C)c(/C=C3/SC(=S)N(CC)C3=O)cc2OCCCCCC)C2C=CC1=N2. The average molecular weight is 1500 g/mol. The summed E-state index contributed by atoms with van der Waals surface area (Å²) in [5, 5.41) is 2.00. The van der Waals surface area contributed by atoms with Crippen LogP contribution in [0, 0.1) is 49.4 Å². The fourth-order valence-electron chi connectivity index (χ4n) is 15.2. The number of rotatable bonds is 42. The second-order valence-electron chi connectivity index (χ2n) is 29.7. The van der Waals surface area contributed by atoms with Gasteiger partial charge < -0.3 is 19.4 Å². The first-order valence-electron chi connectivity index (χ1n) is 41.3. The van der Waals surface area contributed by atoms with Crippen molar-refractivity contribution in [2.45, 2.75) is 287 Å². The Hall–Kier alpha value is -6.68. The molecule has 10 nitrogen and oxygen atoms in total. The van der Waals surface area contributed by atoms with Crippen LogP contribution in [0.5, 0.6) is 11.5 Å². The smallest absolute Gasteiger partial charge is 0.266 e. The number of likely N-dealkylation sites (N-methyl/N-ethyl adjacent to an activating group) is 2. The molecule has 8 bridgehead atoms. The summed E-state index contributed by atoms with van der Waals surface area (Å²) in [4.78, 5) is 51.9. The molecule has 4 aromatic rings. The molecule has 2 N–H and O–H groups in total. The normalized spacial score (nSPS) is 17.7. The quantitative estimate of drug-likeness (QED) is 0.0195.